The molecular weight excluding hydrogens is 370 g/mol. The van der Waals surface area contributed by atoms with Crippen LogP contribution in [-0.2, 0) is 0 Å². The minimum atomic E-state index is -0.406. The number of rotatable bonds is 3. The Bertz CT molecular complexity index is 1010. The normalized spacial score (nSPS) is 10.4. The summed E-state index contributed by atoms with van der Waals surface area (Å²) < 4.78 is 5.20. The Morgan fingerprint density at radius 2 is 2.00 bits per heavy atom. The highest BCUT2D eigenvalue weighted by Crippen LogP contribution is 2.24. The van der Waals surface area contributed by atoms with Crippen LogP contribution in [0.25, 0.3) is 10.9 Å². The van der Waals surface area contributed by atoms with Crippen LogP contribution in [0.2, 0.25) is 5.02 Å². The Kier molecular flexibility index (Phi) is 5.35. The van der Waals surface area contributed by atoms with E-state index in [2.05, 4.69) is 15.6 Å². The van der Waals surface area contributed by atoms with Crippen molar-refractivity contribution in [3.05, 3.63) is 64.8 Å². The lowest BCUT2D eigenvalue weighted by atomic mass is 10.1. The van der Waals surface area contributed by atoms with Gasteiger partial charge in [0.1, 0.15) is 5.75 Å². The second-order valence-electron chi connectivity index (χ2n) is 5.58. The number of halogens is 1. The molecule has 0 aliphatic carbocycles. The molecule has 1 aromatic heterocycles. The van der Waals surface area contributed by atoms with Crippen LogP contribution in [0.5, 0.6) is 5.75 Å². The number of nitrogens with one attached hydrogen (secondary N) is 2. The summed E-state index contributed by atoms with van der Waals surface area (Å²) in [6, 6.07) is 14.4. The van der Waals surface area contributed by atoms with Gasteiger partial charge in [0.25, 0.3) is 5.91 Å². The molecule has 0 fully saturated rings. The Hall–Kier alpha value is -2.70. The number of benzene rings is 2. The molecule has 0 saturated heterocycles. The molecule has 7 heteroatoms. The van der Waals surface area contributed by atoms with Gasteiger partial charge in [0, 0.05) is 21.8 Å². The molecule has 0 spiro atoms. The smallest absolute Gasteiger partial charge is 0.261 e. The number of carbonyl (C=O) groups excluding carboxylic acids is 1. The topological polar surface area (TPSA) is 63.2 Å². The number of methoxy groups -OCH3 is 1. The third kappa shape index (κ3) is 3.92. The van der Waals surface area contributed by atoms with Crippen LogP contribution in [0, 0.1) is 6.92 Å². The van der Waals surface area contributed by atoms with Crippen LogP contribution in [0.1, 0.15) is 16.1 Å². The van der Waals surface area contributed by atoms with Gasteiger partial charge in [0.15, 0.2) is 5.11 Å². The van der Waals surface area contributed by atoms with E-state index in [-0.39, 0.29) is 5.11 Å². The standard InChI is InChI=1S/C19H16ClN3O2S/c1-11-6-8-13-15(21-11)4-3-5-16(13)22-19(26)23-18(24)14-10-12(20)7-9-17(14)25-2/h3-10H,1-2H3,(H2,22,23,24,26). The summed E-state index contributed by atoms with van der Waals surface area (Å²) in [6.45, 7) is 1.93. The zero-order chi connectivity index (χ0) is 18.7. The number of nitrogens with zero attached hydrogens (tertiary/aromatic N) is 1. The number of hydrogen-bond donors (Lipinski definition) is 2. The van der Waals surface area contributed by atoms with Gasteiger partial charge in [-0.05, 0) is 61.6 Å². The number of fused-ring (bicyclic) bond motifs is 1. The van der Waals surface area contributed by atoms with Gasteiger partial charge in [-0.25, -0.2) is 0 Å². The SMILES string of the molecule is COc1ccc(Cl)cc1C(=O)NC(=S)Nc1cccc2nc(C)ccc12. The molecule has 1 amide bonds. The molecule has 5 nitrogen and oxygen atoms in total. The van der Waals surface area contributed by atoms with Crippen molar-refractivity contribution >= 4 is 51.4 Å². The number of carbonyl (C=O) groups is 1. The van der Waals surface area contributed by atoms with Crippen molar-refractivity contribution in [2.75, 3.05) is 12.4 Å². The van der Waals surface area contributed by atoms with Crippen LogP contribution >= 0.6 is 23.8 Å². The molecule has 3 rings (SSSR count). The summed E-state index contributed by atoms with van der Waals surface area (Å²) in [4.78, 5) is 17.0. The van der Waals surface area contributed by atoms with Gasteiger partial charge < -0.3 is 10.1 Å². The number of amides is 1. The third-order valence-corrected chi connectivity index (χ3v) is 4.19. The average Bonchev–Trinajstić information content (AvgIpc) is 2.61. The monoisotopic (exact) mass is 385 g/mol. The molecule has 2 N–H and O–H groups in total. The second kappa shape index (κ2) is 7.68. The van der Waals surface area contributed by atoms with E-state index >= 15 is 0 Å². The number of ether oxygens (including phenoxy) is 1. The van der Waals surface area contributed by atoms with E-state index in [1.165, 1.54) is 13.2 Å². The molecule has 0 aliphatic heterocycles. The Labute approximate surface area is 161 Å². The van der Waals surface area contributed by atoms with Gasteiger partial charge in [-0.15, -0.1) is 0 Å². The van der Waals surface area contributed by atoms with Gasteiger partial charge >= 0.3 is 0 Å². The van der Waals surface area contributed by atoms with Crippen molar-refractivity contribution in [2.24, 2.45) is 0 Å². The first kappa shape index (κ1) is 18.1. The van der Waals surface area contributed by atoms with E-state index in [1.54, 1.807) is 12.1 Å². The van der Waals surface area contributed by atoms with E-state index < -0.39 is 5.91 Å². The van der Waals surface area contributed by atoms with Gasteiger partial charge in [0.05, 0.1) is 18.2 Å². The molecule has 2 aromatic carbocycles. The maximum absolute atomic E-state index is 12.5. The van der Waals surface area contributed by atoms with Gasteiger partial charge in [0.2, 0.25) is 0 Å². The first-order valence-corrected chi connectivity index (χ1v) is 8.59. The molecule has 0 aliphatic rings. The second-order valence-corrected chi connectivity index (χ2v) is 6.42. The zero-order valence-corrected chi connectivity index (χ0v) is 15.7. The number of thiocarbonyl (C=S) groups is 1. The highest BCUT2D eigenvalue weighted by atomic mass is 35.5. The Morgan fingerprint density at radius 1 is 1.19 bits per heavy atom. The fraction of sp³-hybridized carbons (Fsp3) is 0.105. The van der Waals surface area contributed by atoms with Crippen LogP contribution in [-0.4, -0.2) is 23.1 Å². The molecule has 0 unspecified atom stereocenters. The van der Waals surface area contributed by atoms with Crippen molar-refractivity contribution in [3.63, 3.8) is 0 Å². The molecule has 3 aromatic rings. The fourth-order valence-corrected chi connectivity index (χ4v) is 2.92. The van der Waals surface area contributed by atoms with Crippen LogP contribution in [0.15, 0.2) is 48.5 Å². The predicted molar refractivity (Wildman–Crippen MR) is 108 cm³/mol. The molecular formula is C19H16ClN3O2S. The molecule has 0 atom stereocenters. The van der Waals surface area contributed by atoms with Crippen molar-refractivity contribution in [1.82, 2.24) is 10.3 Å². The largest absolute Gasteiger partial charge is 0.496 e. The predicted octanol–water partition coefficient (Wildman–Crippen LogP) is 4.33. The zero-order valence-electron chi connectivity index (χ0n) is 14.2. The first-order valence-electron chi connectivity index (χ1n) is 7.80. The Morgan fingerprint density at radius 3 is 2.77 bits per heavy atom. The van der Waals surface area contributed by atoms with E-state index in [0.29, 0.717) is 16.3 Å². The third-order valence-electron chi connectivity index (χ3n) is 3.75. The summed E-state index contributed by atoms with van der Waals surface area (Å²) >= 11 is 11.2. The van der Waals surface area contributed by atoms with Gasteiger partial charge in [-0.3, -0.25) is 15.1 Å². The Balaban J connectivity index is 1.80. The van der Waals surface area contributed by atoms with E-state index in [1.807, 2.05) is 37.3 Å². The lowest BCUT2D eigenvalue weighted by molar-refractivity contribution is 0.0975. The molecule has 0 bridgehead atoms. The summed E-state index contributed by atoms with van der Waals surface area (Å²) in [5.74, 6) is 0.00981. The van der Waals surface area contributed by atoms with E-state index in [4.69, 9.17) is 28.6 Å². The van der Waals surface area contributed by atoms with Gasteiger partial charge in [-0.2, -0.15) is 0 Å². The maximum Gasteiger partial charge on any atom is 0.261 e. The highest BCUT2D eigenvalue weighted by Gasteiger charge is 2.15. The van der Waals surface area contributed by atoms with E-state index in [9.17, 15) is 4.79 Å². The highest BCUT2D eigenvalue weighted by molar-refractivity contribution is 7.80. The summed E-state index contributed by atoms with van der Waals surface area (Å²) in [6.07, 6.45) is 0. The minimum absolute atomic E-state index is 0.171. The summed E-state index contributed by atoms with van der Waals surface area (Å²) in [7, 11) is 1.49. The maximum atomic E-state index is 12.5. The number of anilines is 1. The van der Waals surface area contributed by atoms with Crippen LogP contribution < -0.4 is 15.4 Å². The first-order chi connectivity index (χ1) is 12.5. The fourth-order valence-electron chi connectivity index (χ4n) is 2.55. The lowest BCUT2D eigenvalue weighted by Crippen LogP contribution is -2.34. The van der Waals surface area contributed by atoms with E-state index in [0.717, 1.165) is 22.3 Å². The molecule has 132 valence electrons. The molecule has 0 saturated carbocycles. The average molecular weight is 386 g/mol. The minimum Gasteiger partial charge on any atom is -0.496 e. The van der Waals surface area contributed by atoms with Crippen molar-refractivity contribution in [2.45, 2.75) is 6.92 Å². The molecule has 1 heterocycles. The summed E-state index contributed by atoms with van der Waals surface area (Å²) in [5, 5.41) is 7.21. The van der Waals surface area contributed by atoms with Crippen molar-refractivity contribution in [1.29, 1.82) is 0 Å². The lowest BCUT2D eigenvalue weighted by Gasteiger charge is -2.13. The number of aromatic nitrogens is 1. The van der Waals surface area contributed by atoms with Crippen molar-refractivity contribution in [3.8, 4) is 5.75 Å². The number of aryl methyl sites for hydroxylation is 1. The van der Waals surface area contributed by atoms with Crippen LogP contribution in [0.3, 0.4) is 0 Å². The molecule has 26 heavy (non-hydrogen) atoms. The van der Waals surface area contributed by atoms with Crippen molar-refractivity contribution < 1.29 is 9.53 Å². The van der Waals surface area contributed by atoms with Crippen LogP contribution in [0.4, 0.5) is 5.69 Å². The summed E-state index contributed by atoms with van der Waals surface area (Å²) in [5.41, 5.74) is 2.84. The molecule has 0 radical (unpaired) electrons. The van der Waals surface area contributed by atoms with Gasteiger partial charge in [-0.1, -0.05) is 17.7 Å². The number of hydrogen-bond acceptors (Lipinski definition) is 4. The number of pyridine rings is 1. The quantitative estimate of drug-likeness (QED) is 0.657.